The van der Waals surface area contributed by atoms with Crippen molar-refractivity contribution < 1.29 is 0 Å². The van der Waals surface area contributed by atoms with Gasteiger partial charge in [-0.1, -0.05) is 11.8 Å². The largest absolute Gasteiger partial charge is 0.286 e. The van der Waals surface area contributed by atoms with Crippen molar-refractivity contribution in [1.82, 2.24) is 5.01 Å². The summed E-state index contributed by atoms with van der Waals surface area (Å²) in [6.45, 7) is 4.18. The van der Waals surface area contributed by atoms with Crippen LogP contribution < -0.4 is 0 Å². The van der Waals surface area contributed by atoms with Gasteiger partial charge in [0.1, 0.15) is 0 Å². The van der Waals surface area contributed by atoms with Crippen molar-refractivity contribution in [3.63, 3.8) is 0 Å². The molecule has 1 atom stereocenters. The summed E-state index contributed by atoms with van der Waals surface area (Å²) in [7, 11) is 1.99. The zero-order valence-corrected chi connectivity index (χ0v) is 6.20. The van der Waals surface area contributed by atoms with Gasteiger partial charge in [0.15, 0.2) is 0 Å². The van der Waals surface area contributed by atoms with Crippen molar-refractivity contribution in [1.29, 1.82) is 0 Å². The number of nitrogens with zero attached hydrogens (tertiary/aromatic N) is 2. The minimum Gasteiger partial charge on any atom is -0.286 e. The minimum atomic E-state index is 0.537. The second-order valence-electron chi connectivity index (χ2n) is 1.91. The van der Waals surface area contributed by atoms with Crippen LogP contribution in [0.25, 0.3) is 0 Å². The predicted molar refractivity (Wildman–Crippen MR) is 37.9 cm³/mol. The third kappa shape index (κ3) is 0.968. The summed E-state index contributed by atoms with van der Waals surface area (Å²) in [5, 5.41) is 7.86. The quantitative estimate of drug-likeness (QED) is 0.492. The number of hydrogen-bond acceptors (Lipinski definition) is 3. The molecule has 0 spiro atoms. The van der Waals surface area contributed by atoms with Crippen molar-refractivity contribution in [2.24, 2.45) is 5.10 Å². The maximum Gasteiger partial charge on any atom is 0.0949 e. The monoisotopic (exact) mass is 130 g/mol. The lowest BCUT2D eigenvalue weighted by Crippen LogP contribution is -2.14. The molecule has 1 heterocycles. The van der Waals surface area contributed by atoms with Gasteiger partial charge in [-0.3, -0.25) is 5.01 Å². The van der Waals surface area contributed by atoms with Crippen LogP contribution in [0.5, 0.6) is 0 Å². The Kier molecular flexibility index (Phi) is 1.47. The van der Waals surface area contributed by atoms with E-state index in [1.807, 2.05) is 19.0 Å². The fraction of sp³-hybridized carbons (Fsp3) is 0.800. The Labute approximate surface area is 53.9 Å². The van der Waals surface area contributed by atoms with Gasteiger partial charge in [0.25, 0.3) is 0 Å². The molecule has 0 saturated heterocycles. The van der Waals surface area contributed by atoms with E-state index in [0.29, 0.717) is 5.37 Å². The maximum atomic E-state index is 4.18. The molecule has 0 aliphatic carbocycles. The third-order valence-electron chi connectivity index (χ3n) is 1.17. The molecule has 0 aromatic carbocycles. The number of hydrazone groups is 1. The number of rotatable bonds is 0. The molecule has 1 rings (SSSR count). The lowest BCUT2D eigenvalue weighted by molar-refractivity contribution is 0.357. The number of hydrogen-bond donors (Lipinski definition) is 0. The van der Waals surface area contributed by atoms with E-state index in [4.69, 9.17) is 0 Å². The Bertz CT molecular complexity index is 122. The predicted octanol–water partition coefficient (Wildman–Crippen LogP) is 1.34. The first-order valence-electron chi connectivity index (χ1n) is 2.65. The van der Waals surface area contributed by atoms with Crippen molar-refractivity contribution in [3.05, 3.63) is 0 Å². The highest BCUT2D eigenvalue weighted by Gasteiger charge is 2.15. The van der Waals surface area contributed by atoms with Crippen LogP contribution >= 0.6 is 11.8 Å². The summed E-state index contributed by atoms with van der Waals surface area (Å²) in [4.78, 5) is 0. The SMILES string of the molecule is CC1=NN(C)[C@@H](C)S1. The van der Waals surface area contributed by atoms with E-state index in [0.717, 1.165) is 0 Å². The van der Waals surface area contributed by atoms with E-state index in [-0.39, 0.29) is 0 Å². The number of thioether (sulfide) groups is 1. The van der Waals surface area contributed by atoms with Gasteiger partial charge < -0.3 is 0 Å². The van der Waals surface area contributed by atoms with Gasteiger partial charge >= 0.3 is 0 Å². The molecule has 2 nitrogen and oxygen atoms in total. The average molecular weight is 130 g/mol. The highest BCUT2D eigenvalue weighted by atomic mass is 32.2. The first kappa shape index (κ1) is 5.95. The Morgan fingerprint density at radius 3 is 2.50 bits per heavy atom. The van der Waals surface area contributed by atoms with Gasteiger partial charge in [0.2, 0.25) is 0 Å². The van der Waals surface area contributed by atoms with E-state index < -0.39 is 0 Å². The van der Waals surface area contributed by atoms with Gasteiger partial charge in [-0.25, -0.2) is 0 Å². The molecule has 0 fully saturated rings. The standard InChI is InChI=1S/C5H10N2S/c1-4-6-7(3)5(2)8-4/h5H,1-3H3/t5-/m1/s1. The first-order chi connectivity index (χ1) is 3.70. The molecule has 1 aliphatic heterocycles. The van der Waals surface area contributed by atoms with E-state index in [1.165, 1.54) is 5.04 Å². The highest BCUT2D eigenvalue weighted by molar-refractivity contribution is 8.14. The summed E-state index contributed by atoms with van der Waals surface area (Å²) >= 11 is 1.80. The second-order valence-corrected chi connectivity index (χ2v) is 3.42. The maximum absolute atomic E-state index is 4.18. The molecule has 3 heteroatoms. The Morgan fingerprint density at radius 2 is 2.38 bits per heavy atom. The van der Waals surface area contributed by atoms with Crippen LogP contribution in [-0.4, -0.2) is 22.5 Å². The molecular weight excluding hydrogens is 120 g/mol. The van der Waals surface area contributed by atoms with Crippen molar-refractivity contribution >= 4 is 16.8 Å². The fourth-order valence-electron chi connectivity index (χ4n) is 0.650. The molecule has 0 bridgehead atoms. The van der Waals surface area contributed by atoms with E-state index in [9.17, 15) is 0 Å². The van der Waals surface area contributed by atoms with Crippen molar-refractivity contribution in [2.45, 2.75) is 19.2 Å². The first-order valence-corrected chi connectivity index (χ1v) is 3.53. The van der Waals surface area contributed by atoms with Crippen LogP contribution in [0.4, 0.5) is 0 Å². The van der Waals surface area contributed by atoms with E-state index in [1.54, 1.807) is 11.8 Å². The lowest BCUT2D eigenvalue weighted by Gasteiger charge is -2.10. The zero-order chi connectivity index (χ0) is 6.15. The van der Waals surface area contributed by atoms with Crippen LogP contribution in [0.15, 0.2) is 5.10 Å². The molecule has 46 valence electrons. The summed E-state index contributed by atoms with van der Waals surface area (Å²) in [5.74, 6) is 0. The van der Waals surface area contributed by atoms with E-state index in [2.05, 4.69) is 12.0 Å². The Morgan fingerprint density at radius 1 is 1.75 bits per heavy atom. The lowest BCUT2D eigenvalue weighted by atomic mass is 10.7. The topological polar surface area (TPSA) is 15.6 Å². The summed E-state index contributed by atoms with van der Waals surface area (Å²) in [6.07, 6.45) is 0. The van der Waals surface area contributed by atoms with Gasteiger partial charge in [-0.15, -0.1) is 0 Å². The summed E-state index contributed by atoms with van der Waals surface area (Å²) < 4.78 is 0. The average Bonchev–Trinajstić information content (AvgIpc) is 1.85. The molecule has 0 aromatic heterocycles. The van der Waals surface area contributed by atoms with Crippen molar-refractivity contribution in [3.8, 4) is 0 Å². The highest BCUT2D eigenvalue weighted by Crippen LogP contribution is 2.22. The molecule has 0 unspecified atom stereocenters. The normalized spacial score (nSPS) is 28.6. The molecule has 0 aromatic rings. The van der Waals surface area contributed by atoms with Crippen molar-refractivity contribution in [2.75, 3.05) is 7.05 Å². The molecule has 0 N–H and O–H groups in total. The minimum absolute atomic E-state index is 0.537. The van der Waals surface area contributed by atoms with Crippen LogP contribution in [0.1, 0.15) is 13.8 Å². The molecule has 0 radical (unpaired) electrons. The van der Waals surface area contributed by atoms with E-state index >= 15 is 0 Å². The van der Waals surface area contributed by atoms with Gasteiger partial charge in [0, 0.05) is 7.05 Å². The fourth-order valence-corrected chi connectivity index (χ4v) is 1.52. The summed E-state index contributed by atoms with van der Waals surface area (Å²) in [6, 6.07) is 0. The van der Waals surface area contributed by atoms with Gasteiger partial charge in [0.05, 0.1) is 10.4 Å². The molecule has 1 aliphatic rings. The molecule has 0 saturated carbocycles. The third-order valence-corrected chi connectivity index (χ3v) is 2.23. The van der Waals surface area contributed by atoms with Gasteiger partial charge in [-0.05, 0) is 13.8 Å². The Balaban J connectivity index is 2.56. The Hall–Kier alpha value is -0.180. The molecule has 0 amide bonds. The van der Waals surface area contributed by atoms with Crippen LogP contribution in [0, 0.1) is 0 Å². The zero-order valence-electron chi connectivity index (χ0n) is 5.38. The molecule has 8 heavy (non-hydrogen) atoms. The summed E-state index contributed by atoms with van der Waals surface area (Å²) in [5.41, 5.74) is 0. The van der Waals surface area contributed by atoms with Gasteiger partial charge in [-0.2, -0.15) is 5.10 Å². The smallest absolute Gasteiger partial charge is 0.0949 e. The molecular formula is C5H10N2S. The van der Waals surface area contributed by atoms with Crippen LogP contribution in [0.2, 0.25) is 0 Å². The van der Waals surface area contributed by atoms with Crippen LogP contribution in [0.3, 0.4) is 0 Å². The second kappa shape index (κ2) is 1.97. The van der Waals surface area contributed by atoms with Crippen LogP contribution in [-0.2, 0) is 0 Å².